The Balaban J connectivity index is 2.91. The van der Waals surface area contributed by atoms with E-state index >= 15 is 0 Å². The van der Waals surface area contributed by atoms with Crippen LogP contribution in [0.1, 0.15) is 31.7 Å². The molecule has 0 amide bonds. The highest BCUT2D eigenvalue weighted by Gasteiger charge is 2.08. The standard InChI is InChI=1S/C11H15ClSi/c1-8(2)13-11-7-5-4-6-10(11)9(3)12/h4-9H,1-3H3. The van der Waals surface area contributed by atoms with E-state index in [1.807, 2.05) is 6.92 Å². The van der Waals surface area contributed by atoms with Crippen molar-refractivity contribution >= 4 is 26.3 Å². The smallest absolute Gasteiger partial charge is 0.0841 e. The first-order valence-corrected chi connectivity index (χ1v) is 6.12. The second-order valence-corrected chi connectivity index (χ2v) is 6.14. The van der Waals surface area contributed by atoms with E-state index in [1.54, 1.807) is 0 Å². The summed E-state index contributed by atoms with van der Waals surface area (Å²) in [5.41, 5.74) is 2.01. The molecule has 70 valence electrons. The van der Waals surface area contributed by atoms with Gasteiger partial charge in [-0.15, -0.1) is 11.6 Å². The van der Waals surface area contributed by atoms with Gasteiger partial charge in [0.1, 0.15) is 0 Å². The van der Waals surface area contributed by atoms with Gasteiger partial charge in [0.2, 0.25) is 0 Å². The molecule has 1 aromatic rings. The Labute approximate surface area is 88.1 Å². The summed E-state index contributed by atoms with van der Waals surface area (Å²) in [6.07, 6.45) is 0. The summed E-state index contributed by atoms with van der Waals surface area (Å²) in [6, 6.07) is 8.46. The molecule has 1 unspecified atom stereocenters. The summed E-state index contributed by atoms with van der Waals surface area (Å²) >= 11 is 6.10. The lowest BCUT2D eigenvalue weighted by molar-refractivity contribution is 1.06. The molecule has 0 aliphatic heterocycles. The van der Waals surface area contributed by atoms with Crippen LogP contribution in [0.2, 0.25) is 5.54 Å². The predicted molar refractivity (Wildman–Crippen MR) is 61.2 cm³/mol. The minimum atomic E-state index is 0.127. The van der Waals surface area contributed by atoms with Crippen LogP contribution >= 0.6 is 11.6 Å². The highest BCUT2D eigenvalue weighted by molar-refractivity contribution is 6.55. The normalized spacial score (nSPS) is 13.3. The zero-order chi connectivity index (χ0) is 9.84. The number of halogens is 1. The minimum absolute atomic E-state index is 0.127. The predicted octanol–water partition coefficient (Wildman–Crippen LogP) is 3.14. The van der Waals surface area contributed by atoms with Gasteiger partial charge in [-0.2, -0.15) is 0 Å². The minimum Gasteiger partial charge on any atom is -0.118 e. The Morgan fingerprint density at radius 2 is 1.77 bits per heavy atom. The van der Waals surface area contributed by atoms with Crippen LogP contribution in [0.15, 0.2) is 24.3 Å². The van der Waals surface area contributed by atoms with Crippen molar-refractivity contribution in [2.24, 2.45) is 0 Å². The lowest BCUT2D eigenvalue weighted by Crippen LogP contribution is -2.21. The van der Waals surface area contributed by atoms with Crippen molar-refractivity contribution in [2.45, 2.75) is 31.7 Å². The molecule has 1 aromatic carbocycles. The summed E-state index contributed by atoms with van der Waals surface area (Å²) in [7, 11) is 0.868. The third-order valence-electron chi connectivity index (χ3n) is 1.83. The van der Waals surface area contributed by atoms with E-state index in [9.17, 15) is 0 Å². The highest BCUT2D eigenvalue weighted by Crippen LogP contribution is 2.17. The van der Waals surface area contributed by atoms with Gasteiger partial charge in [-0.05, 0) is 12.5 Å². The maximum Gasteiger partial charge on any atom is 0.0841 e. The average Bonchev–Trinajstić information content (AvgIpc) is 2.03. The van der Waals surface area contributed by atoms with Gasteiger partial charge in [0.15, 0.2) is 0 Å². The van der Waals surface area contributed by atoms with Gasteiger partial charge in [0, 0.05) is 0 Å². The van der Waals surface area contributed by atoms with E-state index in [0.717, 1.165) is 15.1 Å². The van der Waals surface area contributed by atoms with Crippen LogP contribution in [0.5, 0.6) is 0 Å². The first kappa shape index (κ1) is 10.8. The molecule has 0 N–H and O–H groups in total. The number of hydrogen-bond donors (Lipinski definition) is 0. The SMILES string of the molecule is CC(C)[Si]c1ccccc1C(C)Cl. The van der Waals surface area contributed by atoms with E-state index in [2.05, 4.69) is 38.1 Å². The van der Waals surface area contributed by atoms with Crippen molar-refractivity contribution in [1.29, 1.82) is 0 Å². The molecule has 0 bridgehead atoms. The van der Waals surface area contributed by atoms with Crippen LogP contribution in [-0.4, -0.2) is 9.52 Å². The van der Waals surface area contributed by atoms with E-state index < -0.39 is 0 Å². The lowest BCUT2D eigenvalue weighted by atomic mass is 10.2. The molecule has 13 heavy (non-hydrogen) atoms. The molecule has 2 radical (unpaired) electrons. The molecular formula is C11H15ClSi. The number of rotatable bonds is 3. The maximum atomic E-state index is 6.10. The van der Waals surface area contributed by atoms with Crippen LogP contribution in [-0.2, 0) is 0 Å². The Kier molecular flexibility index (Phi) is 4.01. The Hall–Kier alpha value is -0.273. The Morgan fingerprint density at radius 1 is 1.15 bits per heavy atom. The third kappa shape index (κ3) is 3.16. The summed E-state index contributed by atoms with van der Waals surface area (Å²) in [5.74, 6) is 0. The second-order valence-electron chi connectivity index (χ2n) is 3.50. The molecule has 0 aliphatic rings. The van der Waals surface area contributed by atoms with E-state index in [0.29, 0.717) is 0 Å². The van der Waals surface area contributed by atoms with Gasteiger partial charge in [-0.1, -0.05) is 48.8 Å². The van der Waals surface area contributed by atoms with Crippen LogP contribution in [0, 0.1) is 0 Å². The topological polar surface area (TPSA) is 0 Å². The van der Waals surface area contributed by atoms with Gasteiger partial charge < -0.3 is 0 Å². The van der Waals surface area contributed by atoms with Gasteiger partial charge in [0.25, 0.3) is 0 Å². The molecule has 0 saturated heterocycles. The largest absolute Gasteiger partial charge is 0.118 e. The summed E-state index contributed by atoms with van der Waals surface area (Å²) < 4.78 is 0. The Morgan fingerprint density at radius 3 is 2.31 bits per heavy atom. The van der Waals surface area contributed by atoms with Gasteiger partial charge in [0.05, 0.1) is 14.9 Å². The van der Waals surface area contributed by atoms with Crippen molar-refractivity contribution in [3.8, 4) is 0 Å². The third-order valence-corrected chi connectivity index (χ3v) is 3.41. The van der Waals surface area contributed by atoms with Crippen molar-refractivity contribution < 1.29 is 0 Å². The average molecular weight is 211 g/mol. The first-order chi connectivity index (χ1) is 6.11. The summed E-state index contributed by atoms with van der Waals surface area (Å²) in [5, 5.41) is 1.54. The van der Waals surface area contributed by atoms with Crippen LogP contribution in [0.4, 0.5) is 0 Å². The van der Waals surface area contributed by atoms with Crippen molar-refractivity contribution in [1.82, 2.24) is 0 Å². The van der Waals surface area contributed by atoms with Gasteiger partial charge in [-0.25, -0.2) is 0 Å². The molecule has 2 heteroatoms. The van der Waals surface area contributed by atoms with Gasteiger partial charge >= 0.3 is 0 Å². The van der Waals surface area contributed by atoms with Crippen molar-refractivity contribution in [3.05, 3.63) is 29.8 Å². The van der Waals surface area contributed by atoms with Crippen LogP contribution in [0.3, 0.4) is 0 Å². The molecule has 0 saturated carbocycles. The number of benzene rings is 1. The molecular weight excluding hydrogens is 196 g/mol. The van der Waals surface area contributed by atoms with Crippen LogP contribution in [0.25, 0.3) is 0 Å². The Bertz CT molecular complexity index is 269. The van der Waals surface area contributed by atoms with E-state index in [-0.39, 0.29) is 5.38 Å². The summed E-state index contributed by atoms with van der Waals surface area (Å²) in [6.45, 7) is 6.52. The number of alkyl halides is 1. The van der Waals surface area contributed by atoms with Crippen molar-refractivity contribution in [2.75, 3.05) is 0 Å². The zero-order valence-electron chi connectivity index (χ0n) is 8.34. The van der Waals surface area contributed by atoms with Gasteiger partial charge in [-0.3, -0.25) is 0 Å². The second kappa shape index (κ2) is 4.82. The van der Waals surface area contributed by atoms with E-state index in [4.69, 9.17) is 11.6 Å². The van der Waals surface area contributed by atoms with E-state index in [1.165, 1.54) is 10.8 Å². The zero-order valence-corrected chi connectivity index (χ0v) is 10.1. The monoisotopic (exact) mass is 210 g/mol. The molecule has 0 aliphatic carbocycles. The molecule has 1 atom stereocenters. The lowest BCUT2D eigenvalue weighted by Gasteiger charge is -2.11. The fourth-order valence-corrected chi connectivity index (χ4v) is 2.85. The molecule has 0 nitrogen and oxygen atoms in total. The maximum absolute atomic E-state index is 6.10. The quantitative estimate of drug-likeness (QED) is 0.531. The fourth-order valence-electron chi connectivity index (χ4n) is 1.29. The molecule has 0 spiro atoms. The van der Waals surface area contributed by atoms with Crippen molar-refractivity contribution in [3.63, 3.8) is 0 Å². The highest BCUT2D eigenvalue weighted by atomic mass is 35.5. The summed E-state index contributed by atoms with van der Waals surface area (Å²) in [4.78, 5) is 0. The molecule has 0 heterocycles. The fraction of sp³-hybridized carbons (Fsp3) is 0.455. The molecule has 0 fully saturated rings. The number of hydrogen-bond acceptors (Lipinski definition) is 0. The molecule has 1 rings (SSSR count). The first-order valence-electron chi connectivity index (χ1n) is 4.60. The van der Waals surface area contributed by atoms with Crippen LogP contribution < -0.4 is 5.19 Å². The molecule has 0 aromatic heterocycles.